The first-order valence-electron chi connectivity index (χ1n) is 8.93. The monoisotopic (exact) mass is 454 g/mol. The van der Waals surface area contributed by atoms with Crippen LogP contribution in [0.2, 0.25) is 0 Å². The summed E-state index contributed by atoms with van der Waals surface area (Å²) in [4.78, 5) is 0. The van der Waals surface area contributed by atoms with Crippen LogP contribution in [-0.4, -0.2) is 6.91 Å². The third-order valence-electron chi connectivity index (χ3n) is 4.29. The van der Waals surface area contributed by atoms with E-state index in [4.69, 9.17) is 0 Å². The second-order valence-corrected chi connectivity index (χ2v) is 9.47. The van der Waals surface area contributed by atoms with Crippen molar-refractivity contribution in [1.29, 1.82) is 0 Å². The summed E-state index contributed by atoms with van der Waals surface area (Å²) in [6.07, 6.45) is 11.0. The molecule has 0 bridgehead atoms. The molecular weight excluding hydrogens is 423 g/mol. The number of benzene rings is 1. The third-order valence-corrected chi connectivity index (χ3v) is 5.92. The van der Waals surface area contributed by atoms with Crippen molar-refractivity contribution < 1.29 is 19.2 Å². The maximum atomic E-state index is 3.29. The number of hydrogen-bond donors (Lipinski definition) is 0. The second-order valence-electron chi connectivity index (χ2n) is 6.74. The molecule has 0 fully saturated rings. The molecule has 2 aliphatic rings. The van der Waals surface area contributed by atoms with Gasteiger partial charge in [0.15, 0.2) is 0 Å². The normalized spacial score (nSPS) is 19.4. The predicted octanol–water partition coefficient (Wildman–Crippen LogP) is 6.59. The molecule has 0 radical (unpaired) electrons. The van der Waals surface area contributed by atoms with Crippen LogP contribution in [0.3, 0.4) is 0 Å². The van der Waals surface area contributed by atoms with Gasteiger partial charge in [0.1, 0.15) is 0 Å². The van der Waals surface area contributed by atoms with Gasteiger partial charge < -0.3 is 0 Å². The van der Waals surface area contributed by atoms with Crippen LogP contribution in [0, 0.1) is 24.0 Å². The van der Waals surface area contributed by atoms with Crippen LogP contribution in [-0.2, 0) is 25.2 Å². The molecule has 4 heteroatoms. The van der Waals surface area contributed by atoms with Crippen molar-refractivity contribution in [3.63, 3.8) is 0 Å². The van der Waals surface area contributed by atoms with Gasteiger partial charge >= 0.3 is 68.0 Å². The van der Waals surface area contributed by atoms with Crippen LogP contribution in [0.15, 0.2) is 64.8 Å². The van der Waals surface area contributed by atoms with E-state index in [2.05, 4.69) is 115 Å². The van der Waals surface area contributed by atoms with E-state index in [0.717, 1.165) is 0 Å². The van der Waals surface area contributed by atoms with Crippen LogP contribution < -0.4 is 0 Å². The second kappa shape index (κ2) is 15.6. The standard InChI is InChI=1S/2C8H11.C7H8Si.2ClH.Ti/c2*1-6-4-7(2)8(3)5-6;8-6-7-4-2-1-3-5-7;;;/h4,8H,1-3H3;4,6H,1-3H3;1-5,8H,6H2;2*1H;/q2*-1;;;;+2. The van der Waals surface area contributed by atoms with Gasteiger partial charge in [0.05, 0.1) is 0 Å². The van der Waals surface area contributed by atoms with Crippen LogP contribution in [0.25, 0.3) is 0 Å². The molecule has 0 aromatic heterocycles. The Morgan fingerprint density at radius 2 is 1.56 bits per heavy atom. The zero-order valence-electron chi connectivity index (χ0n) is 17.3. The minimum absolute atomic E-state index is 0. The Balaban J connectivity index is 0. The van der Waals surface area contributed by atoms with E-state index in [-0.39, 0.29) is 24.8 Å². The predicted molar refractivity (Wildman–Crippen MR) is 122 cm³/mol. The summed E-state index contributed by atoms with van der Waals surface area (Å²) >= 11 is 2.28. The number of rotatable bonds is 2. The van der Waals surface area contributed by atoms with Crippen LogP contribution in [0.5, 0.6) is 0 Å². The Bertz CT molecular complexity index is 670. The molecule has 2 unspecified atom stereocenters. The summed E-state index contributed by atoms with van der Waals surface area (Å²) in [5.74, 6) is 1.12. The van der Waals surface area contributed by atoms with Crippen molar-refractivity contribution in [2.24, 2.45) is 11.8 Å². The molecule has 0 N–H and O–H groups in total. The molecule has 0 nitrogen and oxygen atoms in total. The molecule has 0 aliphatic heterocycles. The number of halogens is 2. The van der Waals surface area contributed by atoms with E-state index in [1.807, 2.05) is 0 Å². The molecule has 2 aliphatic carbocycles. The summed E-state index contributed by atoms with van der Waals surface area (Å²) in [6.45, 7) is 13.4. The number of hydrogen-bond acceptors (Lipinski definition) is 0. The summed E-state index contributed by atoms with van der Waals surface area (Å²) in [5.41, 5.74) is 6.91. The first kappa shape index (κ1) is 28.9. The zero-order valence-corrected chi connectivity index (χ0v) is 21.6. The summed E-state index contributed by atoms with van der Waals surface area (Å²) < 4.78 is 0. The maximum absolute atomic E-state index is 3.29. The molecule has 1 aromatic rings. The van der Waals surface area contributed by atoms with Crippen LogP contribution in [0.1, 0.15) is 47.1 Å². The molecule has 1 aromatic carbocycles. The Hall–Kier alpha value is -0.309. The van der Waals surface area contributed by atoms with Crippen molar-refractivity contribution >= 4 is 31.7 Å². The molecule has 0 saturated carbocycles. The SMILES string of the molecule is CC1=[C-]C(C)C(C)=C1.CC1=[C-]C(C)C=C1C.Cl.Cl.[Ti+2]=[SiH]Cc1ccccc1. The van der Waals surface area contributed by atoms with Gasteiger partial charge in [-0.25, -0.2) is 22.8 Å². The van der Waals surface area contributed by atoms with E-state index >= 15 is 0 Å². The third kappa shape index (κ3) is 12.0. The van der Waals surface area contributed by atoms with E-state index < -0.39 is 0 Å². The van der Waals surface area contributed by atoms with Gasteiger partial charge in [-0.15, -0.1) is 31.7 Å². The summed E-state index contributed by atoms with van der Waals surface area (Å²) in [5, 5.41) is 0. The molecule has 27 heavy (non-hydrogen) atoms. The quantitative estimate of drug-likeness (QED) is 0.349. The molecule has 0 heterocycles. The van der Waals surface area contributed by atoms with E-state index in [9.17, 15) is 0 Å². The Kier molecular flexibility index (Phi) is 16.7. The van der Waals surface area contributed by atoms with E-state index in [1.165, 1.54) is 33.9 Å². The summed E-state index contributed by atoms with van der Waals surface area (Å²) in [6, 6.07) is 11.9. The first-order chi connectivity index (χ1) is 11.8. The molecule has 0 amide bonds. The summed E-state index contributed by atoms with van der Waals surface area (Å²) in [7, 11) is 0. The van der Waals surface area contributed by atoms with Crippen LogP contribution in [0.4, 0.5) is 0 Å². The van der Waals surface area contributed by atoms with Crippen molar-refractivity contribution in [2.45, 2.75) is 47.6 Å². The fourth-order valence-electron chi connectivity index (χ4n) is 2.69. The zero-order chi connectivity index (χ0) is 18.8. The van der Waals surface area contributed by atoms with Gasteiger partial charge in [0, 0.05) is 0 Å². The van der Waals surface area contributed by atoms with Gasteiger partial charge in [-0.3, -0.25) is 12.2 Å². The average molecular weight is 455 g/mol. The van der Waals surface area contributed by atoms with Crippen molar-refractivity contribution in [3.8, 4) is 0 Å². The number of allylic oxidation sites excluding steroid dienone is 8. The molecule has 146 valence electrons. The average Bonchev–Trinajstić information content (AvgIpc) is 3.01. The fourth-order valence-corrected chi connectivity index (χ4v) is 4.30. The van der Waals surface area contributed by atoms with E-state index in [0.29, 0.717) is 18.7 Å². The molecule has 0 spiro atoms. The molecular formula is C23H32Cl2SiTi. The van der Waals surface area contributed by atoms with Crippen molar-refractivity contribution in [1.82, 2.24) is 0 Å². The van der Waals surface area contributed by atoms with Crippen molar-refractivity contribution in [2.75, 3.05) is 0 Å². The van der Waals surface area contributed by atoms with Crippen LogP contribution >= 0.6 is 24.8 Å². The molecule has 3 rings (SSSR count). The topological polar surface area (TPSA) is 0 Å². The van der Waals surface area contributed by atoms with Gasteiger partial charge in [0.2, 0.25) is 0 Å². The van der Waals surface area contributed by atoms with Crippen molar-refractivity contribution in [3.05, 3.63) is 82.5 Å². The van der Waals surface area contributed by atoms with E-state index in [1.54, 1.807) is 0 Å². The first-order valence-corrected chi connectivity index (χ1v) is 13.0. The Labute approximate surface area is 191 Å². The Morgan fingerprint density at radius 1 is 0.963 bits per heavy atom. The molecule has 2 atom stereocenters. The van der Waals surface area contributed by atoms with Gasteiger partial charge in [-0.05, 0) is 0 Å². The minimum atomic E-state index is 0. The Morgan fingerprint density at radius 3 is 1.81 bits per heavy atom. The van der Waals surface area contributed by atoms with Gasteiger partial charge in [-0.1, -0.05) is 46.5 Å². The fraction of sp³-hybridized carbons (Fsp3) is 0.391. The van der Waals surface area contributed by atoms with Gasteiger partial charge in [-0.2, -0.15) is 11.6 Å². The molecule has 0 saturated heterocycles. The van der Waals surface area contributed by atoms with Gasteiger partial charge in [0.25, 0.3) is 0 Å².